The lowest BCUT2D eigenvalue weighted by molar-refractivity contribution is -0.114. The molecule has 0 aliphatic rings. The lowest BCUT2D eigenvalue weighted by Gasteiger charge is -2.06. The molecule has 21 heavy (non-hydrogen) atoms. The lowest BCUT2D eigenvalue weighted by Crippen LogP contribution is -2.06. The number of anilines is 1. The van der Waals surface area contributed by atoms with E-state index in [0.29, 0.717) is 26.3 Å². The zero-order valence-electron chi connectivity index (χ0n) is 11.1. The van der Waals surface area contributed by atoms with Gasteiger partial charge in [0.25, 0.3) is 0 Å². The van der Waals surface area contributed by atoms with Crippen molar-refractivity contribution < 1.29 is 9.00 Å². The van der Waals surface area contributed by atoms with Crippen LogP contribution in [-0.4, -0.2) is 15.1 Å². The van der Waals surface area contributed by atoms with Gasteiger partial charge in [0.1, 0.15) is 0 Å². The molecule has 1 aromatic heterocycles. The summed E-state index contributed by atoms with van der Waals surface area (Å²) >= 11 is 11.8. The van der Waals surface area contributed by atoms with Gasteiger partial charge in [0.15, 0.2) is 0 Å². The first-order valence-electron chi connectivity index (χ1n) is 6.01. The number of hydrogen-bond donors (Lipinski definition) is 1. The number of rotatable bonds is 4. The maximum Gasteiger partial charge on any atom is 0.221 e. The molecule has 1 N–H and O–H groups in total. The second-order valence-corrected chi connectivity index (χ2v) is 6.57. The molecule has 110 valence electrons. The van der Waals surface area contributed by atoms with Crippen LogP contribution in [0.2, 0.25) is 10.0 Å². The number of halogens is 2. The van der Waals surface area contributed by atoms with Crippen LogP contribution < -0.4 is 5.32 Å². The average Bonchev–Trinajstić information content (AvgIpc) is 2.42. The zero-order chi connectivity index (χ0) is 15.4. The highest BCUT2D eigenvalue weighted by Gasteiger charge is 2.10. The van der Waals surface area contributed by atoms with Gasteiger partial charge in [-0.3, -0.25) is 14.0 Å². The fourth-order valence-electron chi connectivity index (χ4n) is 1.65. The molecule has 2 aromatic rings. The van der Waals surface area contributed by atoms with Gasteiger partial charge in [-0.15, -0.1) is 0 Å². The van der Waals surface area contributed by atoms with Gasteiger partial charge in [0, 0.05) is 23.7 Å². The molecule has 0 saturated carbocycles. The fraction of sp³-hybridized carbons (Fsp3) is 0.143. The summed E-state index contributed by atoms with van der Waals surface area (Å²) in [4.78, 5) is 15.7. The normalized spacial score (nSPS) is 12.0. The Morgan fingerprint density at radius 1 is 1.29 bits per heavy atom. The average molecular weight is 343 g/mol. The molecular formula is C14H12Cl2N2O2S. The Balaban J connectivity index is 2.11. The molecular weight excluding hydrogens is 331 g/mol. The third kappa shape index (κ3) is 4.52. The Morgan fingerprint density at radius 2 is 1.95 bits per heavy atom. The van der Waals surface area contributed by atoms with E-state index in [2.05, 4.69) is 10.3 Å². The van der Waals surface area contributed by atoms with Crippen molar-refractivity contribution in [2.45, 2.75) is 17.6 Å². The molecule has 4 nitrogen and oxygen atoms in total. The summed E-state index contributed by atoms with van der Waals surface area (Å²) in [5, 5.41) is 3.48. The second kappa shape index (κ2) is 7.02. The minimum absolute atomic E-state index is 0.152. The number of pyridine rings is 1. The van der Waals surface area contributed by atoms with Crippen LogP contribution in [0, 0.1) is 0 Å². The highest BCUT2D eigenvalue weighted by molar-refractivity contribution is 7.84. The van der Waals surface area contributed by atoms with Crippen molar-refractivity contribution in [3.63, 3.8) is 0 Å². The molecule has 0 aliphatic carbocycles. The Bertz CT molecular complexity index is 690. The molecule has 1 aromatic carbocycles. The molecule has 1 unspecified atom stereocenters. The number of carbonyl (C=O) groups excluding carboxylic acids is 1. The first kappa shape index (κ1) is 15.9. The van der Waals surface area contributed by atoms with Gasteiger partial charge in [0.05, 0.1) is 32.3 Å². The first-order valence-corrected chi connectivity index (χ1v) is 8.09. The predicted molar refractivity (Wildman–Crippen MR) is 85.1 cm³/mol. The molecule has 1 heterocycles. The lowest BCUT2D eigenvalue weighted by atomic mass is 10.3. The van der Waals surface area contributed by atoms with Crippen molar-refractivity contribution in [3.05, 3.63) is 52.3 Å². The summed E-state index contributed by atoms with van der Waals surface area (Å²) in [5.41, 5.74) is 1.19. The van der Waals surface area contributed by atoms with Crippen LogP contribution >= 0.6 is 23.2 Å². The molecule has 0 radical (unpaired) electrons. The molecule has 1 atom stereocenters. The molecule has 2 rings (SSSR count). The van der Waals surface area contributed by atoms with Crippen LogP contribution in [0.25, 0.3) is 0 Å². The largest absolute Gasteiger partial charge is 0.326 e. The number of aromatic nitrogens is 1. The molecule has 1 amide bonds. The highest BCUT2D eigenvalue weighted by atomic mass is 35.5. The van der Waals surface area contributed by atoms with E-state index in [1.165, 1.54) is 13.1 Å². The van der Waals surface area contributed by atoms with Gasteiger partial charge >= 0.3 is 0 Å². The fourth-order valence-corrected chi connectivity index (χ4v) is 3.26. The van der Waals surface area contributed by atoms with E-state index in [1.807, 2.05) is 0 Å². The van der Waals surface area contributed by atoms with Crippen LogP contribution in [0.15, 0.2) is 41.4 Å². The number of hydrogen-bond acceptors (Lipinski definition) is 3. The standard InChI is InChI=1S/C14H12Cl2N2O2S/c1-9(19)18-11-2-4-12(5-3-11)21(20)8-14-13(16)6-10(15)7-17-14/h2-7H,8H2,1H3,(H,18,19). The molecule has 7 heteroatoms. The van der Waals surface area contributed by atoms with E-state index >= 15 is 0 Å². The summed E-state index contributed by atoms with van der Waals surface area (Å²) in [6, 6.07) is 8.37. The monoisotopic (exact) mass is 342 g/mol. The smallest absolute Gasteiger partial charge is 0.221 e. The Kier molecular flexibility index (Phi) is 5.33. The summed E-state index contributed by atoms with van der Waals surface area (Å²) in [6.45, 7) is 1.43. The summed E-state index contributed by atoms with van der Waals surface area (Å²) in [6.07, 6.45) is 1.47. The molecule has 0 spiro atoms. The maximum atomic E-state index is 12.3. The Hall–Kier alpha value is -1.43. The van der Waals surface area contributed by atoms with Crippen LogP contribution in [0.1, 0.15) is 12.6 Å². The van der Waals surface area contributed by atoms with E-state index < -0.39 is 10.8 Å². The Labute approximate surface area is 134 Å². The van der Waals surface area contributed by atoms with Crippen molar-refractivity contribution >= 4 is 45.6 Å². The van der Waals surface area contributed by atoms with Crippen molar-refractivity contribution in [1.29, 1.82) is 0 Å². The first-order chi connectivity index (χ1) is 9.95. The second-order valence-electron chi connectivity index (χ2n) is 4.28. The molecule has 0 bridgehead atoms. The third-order valence-electron chi connectivity index (χ3n) is 2.59. The highest BCUT2D eigenvalue weighted by Crippen LogP contribution is 2.22. The van der Waals surface area contributed by atoms with Crippen LogP contribution in [-0.2, 0) is 21.3 Å². The summed E-state index contributed by atoms with van der Waals surface area (Å²) < 4.78 is 12.3. The minimum Gasteiger partial charge on any atom is -0.326 e. The van der Waals surface area contributed by atoms with Crippen LogP contribution in [0.5, 0.6) is 0 Å². The van der Waals surface area contributed by atoms with E-state index in [4.69, 9.17) is 23.2 Å². The van der Waals surface area contributed by atoms with Crippen molar-refractivity contribution in [3.8, 4) is 0 Å². The zero-order valence-corrected chi connectivity index (χ0v) is 13.4. The number of amides is 1. The number of benzene rings is 1. The van der Waals surface area contributed by atoms with Gasteiger partial charge < -0.3 is 5.32 Å². The van der Waals surface area contributed by atoms with Gasteiger partial charge in [-0.05, 0) is 30.3 Å². The molecule has 0 fully saturated rings. The topological polar surface area (TPSA) is 59.1 Å². The van der Waals surface area contributed by atoms with Gasteiger partial charge in [-0.2, -0.15) is 0 Å². The maximum absolute atomic E-state index is 12.3. The number of nitrogens with zero attached hydrogens (tertiary/aromatic N) is 1. The van der Waals surface area contributed by atoms with Gasteiger partial charge in [0.2, 0.25) is 5.91 Å². The summed E-state index contributed by atoms with van der Waals surface area (Å²) in [5.74, 6) is 0.0520. The van der Waals surface area contributed by atoms with Crippen LogP contribution in [0.4, 0.5) is 5.69 Å². The van der Waals surface area contributed by atoms with Gasteiger partial charge in [-0.1, -0.05) is 23.2 Å². The predicted octanol–water partition coefficient (Wildman–Crippen LogP) is 3.65. The Morgan fingerprint density at radius 3 is 2.52 bits per heavy atom. The number of carbonyl (C=O) groups is 1. The van der Waals surface area contributed by atoms with E-state index in [1.54, 1.807) is 30.3 Å². The summed E-state index contributed by atoms with van der Waals surface area (Å²) in [7, 11) is -1.27. The quantitative estimate of drug-likeness (QED) is 0.922. The van der Waals surface area contributed by atoms with E-state index in [9.17, 15) is 9.00 Å². The van der Waals surface area contributed by atoms with Crippen LogP contribution in [0.3, 0.4) is 0 Å². The van der Waals surface area contributed by atoms with Crippen molar-refractivity contribution in [2.75, 3.05) is 5.32 Å². The SMILES string of the molecule is CC(=O)Nc1ccc(S(=O)Cc2ncc(Cl)cc2Cl)cc1. The third-order valence-corrected chi connectivity index (χ3v) is 4.46. The van der Waals surface area contributed by atoms with Gasteiger partial charge in [-0.25, -0.2) is 0 Å². The van der Waals surface area contributed by atoms with Crippen molar-refractivity contribution in [1.82, 2.24) is 4.98 Å². The number of nitrogens with one attached hydrogen (secondary N) is 1. The van der Waals surface area contributed by atoms with Crippen molar-refractivity contribution in [2.24, 2.45) is 0 Å². The minimum atomic E-state index is -1.27. The molecule has 0 aliphatic heterocycles. The van der Waals surface area contributed by atoms with E-state index in [0.717, 1.165) is 0 Å². The molecule has 0 saturated heterocycles. The van der Waals surface area contributed by atoms with E-state index in [-0.39, 0.29) is 11.7 Å².